The summed E-state index contributed by atoms with van der Waals surface area (Å²) in [5, 5.41) is 0. The van der Waals surface area contributed by atoms with E-state index in [0.29, 0.717) is 0 Å². The van der Waals surface area contributed by atoms with Gasteiger partial charge in [-0.2, -0.15) is 0 Å². The first kappa shape index (κ1) is 8.34. The Kier molecular flexibility index (Phi) is 2.72. The molecule has 0 aliphatic carbocycles. The van der Waals surface area contributed by atoms with Crippen molar-refractivity contribution in [2.45, 2.75) is 19.8 Å². The summed E-state index contributed by atoms with van der Waals surface area (Å²) in [6, 6.07) is 8.44. The van der Waals surface area contributed by atoms with Crippen LogP contribution in [0, 0.1) is 0 Å². The Morgan fingerprint density at radius 2 is 1.82 bits per heavy atom. The smallest absolute Gasteiger partial charge is 0.148 e. The second-order valence-corrected chi connectivity index (χ2v) is 2.74. The van der Waals surface area contributed by atoms with Crippen LogP contribution in [-0.4, -0.2) is 7.28 Å². The number of benzene rings is 1. The number of hydrogen-bond acceptors (Lipinski definition) is 1. The highest BCUT2D eigenvalue weighted by Crippen LogP contribution is 2.05. The highest BCUT2D eigenvalue weighted by atomic mass is 14.6. The van der Waals surface area contributed by atoms with Crippen LogP contribution < -0.4 is 11.2 Å². The van der Waals surface area contributed by atoms with Gasteiger partial charge in [-0.25, -0.2) is 0 Å². The molecule has 0 saturated heterocycles. The summed E-state index contributed by atoms with van der Waals surface area (Å²) in [5.74, 6) is 0. The molecule has 1 rings (SSSR count). The van der Waals surface area contributed by atoms with Gasteiger partial charge in [0, 0.05) is 6.04 Å². The van der Waals surface area contributed by atoms with E-state index >= 15 is 0 Å². The Bertz CT molecular complexity index is 216. The van der Waals surface area contributed by atoms with Crippen LogP contribution in [0.25, 0.3) is 0 Å². The minimum Gasteiger partial charge on any atom is -0.324 e. The van der Waals surface area contributed by atoms with Crippen LogP contribution >= 0.6 is 0 Å². The molecule has 0 aliphatic rings. The topological polar surface area (TPSA) is 26.0 Å². The first-order valence-corrected chi connectivity index (χ1v) is 3.89. The van der Waals surface area contributed by atoms with E-state index in [1.807, 2.05) is 13.7 Å². The van der Waals surface area contributed by atoms with E-state index in [9.17, 15) is 0 Å². The fourth-order valence-electron chi connectivity index (χ4n) is 0.992. The number of hydrogen-bond donors (Lipinski definition) is 1. The summed E-state index contributed by atoms with van der Waals surface area (Å²) in [6.07, 6.45) is 0. The Hall–Kier alpha value is -0.755. The van der Waals surface area contributed by atoms with Crippen molar-refractivity contribution in [3.8, 4) is 0 Å². The Morgan fingerprint density at radius 1 is 1.27 bits per heavy atom. The fourth-order valence-corrected chi connectivity index (χ4v) is 0.992. The summed E-state index contributed by atoms with van der Waals surface area (Å²) in [4.78, 5) is 0. The molecule has 0 saturated carbocycles. The first-order valence-electron chi connectivity index (χ1n) is 3.89. The number of nitrogens with two attached hydrogens (primary N) is 1. The molecular formula is C9H13BN. The second-order valence-electron chi connectivity index (χ2n) is 2.74. The van der Waals surface area contributed by atoms with Gasteiger partial charge in [-0.3, -0.25) is 0 Å². The molecule has 2 N–H and O–H groups in total. The van der Waals surface area contributed by atoms with Gasteiger partial charge >= 0.3 is 0 Å². The van der Waals surface area contributed by atoms with Crippen molar-refractivity contribution in [3.05, 3.63) is 29.8 Å². The van der Waals surface area contributed by atoms with Crippen molar-refractivity contribution in [2.24, 2.45) is 5.73 Å². The van der Waals surface area contributed by atoms with E-state index in [1.54, 1.807) is 0 Å². The van der Waals surface area contributed by atoms with Gasteiger partial charge in [-0.1, -0.05) is 36.6 Å². The Balaban J connectivity index is 2.83. The number of rotatable bonds is 2. The lowest BCUT2D eigenvalue weighted by Gasteiger charge is -2.05. The van der Waals surface area contributed by atoms with Gasteiger partial charge in [0.05, 0.1) is 0 Å². The molecule has 0 fully saturated rings. The van der Waals surface area contributed by atoms with Gasteiger partial charge in [-0.15, -0.1) is 0 Å². The zero-order valence-corrected chi connectivity index (χ0v) is 7.04. The van der Waals surface area contributed by atoms with E-state index in [2.05, 4.69) is 31.5 Å². The molecule has 0 amide bonds. The highest BCUT2D eigenvalue weighted by Gasteiger charge is 1.97. The van der Waals surface area contributed by atoms with E-state index in [1.165, 1.54) is 11.0 Å². The van der Waals surface area contributed by atoms with Crippen molar-refractivity contribution in [3.63, 3.8) is 0 Å². The lowest BCUT2D eigenvalue weighted by atomic mass is 9.73. The van der Waals surface area contributed by atoms with Gasteiger partial charge in [0.15, 0.2) is 0 Å². The monoisotopic (exact) mass is 146 g/mol. The third kappa shape index (κ3) is 2.09. The molecule has 0 aromatic heterocycles. The van der Waals surface area contributed by atoms with Crippen LogP contribution in [-0.2, 0) is 0 Å². The van der Waals surface area contributed by atoms with E-state index < -0.39 is 0 Å². The maximum Gasteiger partial charge on any atom is 0.148 e. The molecule has 11 heavy (non-hydrogen) atoms. The van der Waals surface area contributed by atoms with Crippen molar-refractivity contribution >= 4 is 12.7 Å². The second kappa shape index (κ2) is 3.58. The van der Waals surface area contributed by atoms with Crippen LogP contribution in [0.3, 0.4) is 0 Å². The molecule has 1 radical (unpaired) electrons. The average molecular weight is 146 g/mol. The van der Waals surface area contributed by atoms with Crippen LogP contribution in [0.2, 0.25) is 6.82 Å². The van der Waals surface area contributed by atoms with E-state index in [4.69, 9.17) is 5.73 Å². The van der Waals surface area contributed by atoms with Gasteiger partial charge in [0.25, 0.3) is 0 Å². The molecule has 0 aliphatic heterocycles. The molecule has 0 bridgehead atoms. The molecule has 0 heterocycles. The minimum atomic E-state index is 0.140. The molecule has 0 unspecified atom stereocenters. The normalized spacial score (nSPS) is 12.6. The summed E-state index contributed by atoms with van der Waals surface area (Å²) in [6.45, 7) is 4.02. The standard InChI is InChI=1S/C9H13BN/c1-7(11)8-3-5-9(10-2)6-4-8/h3-7H,11H2,1-2H3/t7-/m0/s1. The maximum atomic E-state index is 5.70. The van der Waals surface area contributed by atoms with Gasteiger partial charge in [0.2, 0.25) is 0 Å². The molecular weight excluding hydrogens is 133 g/mol. The largest absolute Gasteiger partial charge is 0.324 e. The predicted octanol–water partition coefficient (Wildman–Crippen LogP) is 1.08. The van der Waals surface area contributed by atoms with Gasteiger partial charge in [-0.05, 0) is 12.5 Å². The fraction of sp³-hybridized carbons (Fsp3) is 0.333. The summed E-state index contributed by atoms with van der Waals surface area (Å²) >= 11 is 0. The Morgan fingerprint density at radius 3 is 2.18 bits per heavy atom. The van der Waals surface area contributed by atoms with Crippen LogP contribution in [0.4, 0.5) is 0 Å². The first-order chi connectivity index (χ1) is 5.24. The lowest BCUT2D eigenvalue weighted by Crippen LogP contribution is -2.11. The van der Waals surface area contributed by atoms with E-state index in [-0.39, 0.29) is 6.04 Å². The van der Waals surface area contributed by atoms with Crippen LogP contribution in [0.5, 0.6) is 0 Å². The molecule has 57 valence electrons. The highest BCUT2D eigenvalue weighted by molar-refractivity contribution is 6.51. The molecule has 2 heteroatoms. The Labute approximate surface area is 68.9 Å². The third-order valence-electron chi connectivity index (χ3n) is 1.80. The zero-order chi connectivity index (χ0) is 8.27. The van der Waals surface area contributed by atoms with Crippen molar-refractivity contribution in [1.82, 2.24) is 0 Å². The van der Waals surface area contributed by atoms with Crippen LogP contribution in [0.1, 0.15) is 18.5 Å². The molecule has 1 atom stereocenters. The maximum absolute atomic E-state index is 5.70. The zero-order valence-electron chi connectivity index (χ0n) is 7.04. The molecule has 0 spiro atoms. The van der Waals surface area contributed by atoms with Crippen molar-refractivity contribution in [2.75, 3.05) is 0 Å². The molecule has 1 aromatic carbocycles. The quantitative estimate of drug-likeness (QED) is 0.620. The SMILES string of the molecule is C[B]c1ccc([C@H](C)N)cc1. The predicted molar refractivity (Wildman–Crippen MR) is 50.3 cm³/mol. The van der Waals surface area contributed by atoms with Gasteiger partial charge < -0.3 is 5.73 Å². The average Bonchev–Trinajstić information content (AvgIpc) is 2.05. The minimum absolute atomic E-state index is 0.140. The lowest BCUT2D eigenvalue weighted by molar-refractivity contribution is 0.819. The summed E-state index contributed by atoms with van der Waals surface area (Å²) < 4.78 is 0. The van der Waals surface area contributed by atoms with E-state index in [0.717, 1.165) is 0 Å². The molecule has 1 aromatic rings. The third-order valence-corrected chi connectivity index (χ3v) is 1.80. The van der Waals surface area contributed by atoms with Crippen LogP contribution in [0.15, 0.2) is 24.3 Å². The molecule has 1 nitrogen and oxygen atoms in total. The summed E-state index contributed by atoms with van der Waals surface area (Å²) in [5.41, 5.74) is 8.13. The van der Waals surface area contributed by atoms with Gasteiger partial charge in [0.1, 0.15) is 7.28 Å². The van der Waals surface area contributed by atoms with Crippen molar-refractivity contribution in [1.29, 1.82) is 0 Å². The van der Waals surface area contributed by atoms with Crippen molar-refractivity contribution < 1.29 is 0 Å². The summed E-state index contributed by atoms with van der Waals surface area (Å²) in [7, 11) is 2.07.